The van der Waals surface area contributed by atoms with Crippen LogP contribution in [0.2, 0.25) is 0 Å². The Balaban J connectivity index is 1.87. The van der Waals surface area contributed by atoms with Crippen molar-refractivity contribution in [3.05, 3.63) is 47.1 Å². The molecule has 0 spiro atoms. The molecule has 1 aliphatic carbocycles. The second kappa shape index (κ2) is 12.1. The van der Waals surface area contributed by atoms with Gasteiger partial charge in [-0.25, -0.2) is 4.79 Å². The lowest BCUT2D eigenvalue weighted by atomic mass is 9.70. The second-order valence-electron chi connectivity index (χ2n) is 9.49. The first kappa shape index (κ1) is 26.8. The summed E-state index contributed by atoms with van der Waals surface area (Å²) in [6, 6.07) is 0. The molecule has 0 radical (unpaired) electrons. The first-order valence-corrected chi connectivity index (χ1v) is 11.8. The summed E-state index contributed by atoms with van der Waals surface area (Å²) in [5, 5.41) is 10.4. The van der Waals surface area contributed by atoms with Crippen LogP contribution in [0.4, 0.5) is 0 Å². The summed E-state index contributed by atoms with van der Waals surface area (Å²) in [5.74, 6) is -0.610. The smallest absolute Gasteiger partial charge is 0.334 e. The van der Waals surface area contributed by atoms with Crippen molar-refractivity contribution in [3.63, 3.8) is 0 Å². The van der Waals surface area contributed by atoms with Crippen LogP contribution in [0.25, 0.3) is 0 Å². The molecule has 4 atom stereocenters. The van der Waals surface area contributed by atoms with Gasteiger partial charge < -0.3 is 14.6 Å². The van der Waals surface area contributed by atoms with Crippen LogP contribution in [-0.4, -0.2) is 35.7 Å². The van der Waals surface area contributed by atoms with Gasteiger partial charge in [0.15, 0.2) is 0 Å². The van der Waals surface area contributed by atoms with Gasteiger partial charge in [-0.15, -0.1) is 0 Å². The number of carbonyl (C=O) groups excluding carboxylic acids is 3. The van der Waals surface area contributed by atoms with E-state index in [1.165, 1.54) is 37.3 Å². The number of aldehydes is 1. The predicted octanol–water partition coefficient (Wildman–Crippen LogP) is 5.12. The number of rotatable bonds is 12. The van der Waals surface area contributed by atoms with Gasteiger partial charge in [-0.05, 0) is 75.7 Å². The van der Waals surface area contributed by atoms with Gasteiger partial charge in [0, 0.05) is 18.6 Å². The zero-order valence-corrected chi connectivity index (χ0v) is 20.4. The van der Waals surface area contributed by atoms with E-state index in [-0.39, 0.29) is 17.4 Å². The highest BCUT2D eigenvalue weighted by molar-refractivity contribution is 5.86. The minimum atomic E-state index is -1.21. The van der Waals surface area contributed by atoms with E-state index in [1.807, 2.05) is 0 Å². The summed E-state index contributed by atoms with van der Waals surface area (Å²) >= 11 is 0. The zero-order valence-electron chi connectivity index (χ0n) is 20.4. The number of aliphatic hydroxyl groups excluding tert-OH is 1. The van der Waals surface area contributed by atoms with E-state index in [0.29, 0.717) is 17.9 Å². The Hall–Kier alpha value is -2.47. The molecule has 0 bridgehead atoms. The largest absolute Gasteiger partial charge is 0.421 e. The van der Waals surface area contributed by atoms with E-state index in [4.69, 9.17) is 9.47 Å². The number of carbonyl (C=O) groups is 3. The third kappa shape index (κ3) is 7.26. The van der Waals surface area contributed by atoms with Crippen molar-refractivity contribution in [2.24, 2.45) is 11.3 Å². The van der Waals surface area contributed by atoms with Crippen LogP contribution in [0.15, 0.2) is 47.1 Å². The molecule has 6 nitrogen and oxygen atoms in total. The molecule has 0 aromatic heterocycles. The lowest BCUT2D eigenvalue weighted by Gasteiger charge is -2.35. The topological polar surface area (TPSA) is 89.9 Å². The molecular formula is C27H38O6. The van der Waals surface area contributed by atoms with Crippen LogP contribution >= 0.6 is 0 Å². The Kier molecular flexibility index (Phi) is 9.84. The van der Waals surface area contributed by atoms with Crippen molar-refractivity contribution in [2.45, 2.75) is 91.5 Å². The van der Waals surface area contributed by atoms with Crippen molar-refractivity contribution < 1.29 is 29.0 Å². The molecule has 0 unspecified atom stereocenters. The van der Waals surface area contributed by atoms with E-state index in [2.05, 4.69) is 33.4 Å². The van der Waals surface area contributed by atoms with Crippen LogP contribution in [0.1, 0.15) is 79.1 Å². The number of cyclic esters (lactones) is 1. The monoisotopic (exact) mass is 458 g/mol. The standard InChI is InChI=1S/C27H38O6/c1-18(2)27(14-7-9-20(27)4)15-13-19(3)8-6-10-22(17-28)11-12-24(30)23-16-25(31)33-26(23)32-21(5)29/h8,11,16-17,20,24,26,30H,1,6-7,9-10,12-15H2,2-5H3/b19-8+,22-11+/t20-,24-,26+,27+/m1/s1. The zero-order chi connectivity index (χ0) is 24.6. The number of aliphatic hydroxyl groups is 1. The Morgan fingerprint density at radius 2 is 2.06 bits per heavy atom. The molecule has 1 heterocycles. The molecule has 2 rings (SSSR count). The van der Waals surface area contributed by atoms with Crippen LogP contribution < -0.4 is 0 Å². The quantitative estimate of drug-likeness (QED) is 0.189. The fourth-order valence-electron chi connectivity index (χ4n) is 4.99. The van der Waals surface area contributed by atoms with E-state index in [0.717, 1.165) is 31.6 Å². The molecule has 0 aromatic carbocycles. The van der Waals surface area contributed by atoms with Crippen LogP contribution in [0, 0.1) is 11.3 Å². The highest BCUT2D eigenvalue weighted by atomic mass is 16.7. The fraction of sp³-hybridized carbons (Fsp3) is 0.593. The third-order valence-corrected chi connectivity index (χ3v) is 7.14. The summed E-state index contributed by atoms with van der Waals surface area (Å²) in [5.41, 5.74) is 3.63. The van der Waals surface area contributed by atoms with Gasteiger partial charge in [-0.2, -0.15) is 0 Å². The highest BCUT2D eigenvalue weighted by Crippen LogP contribution is 2.51. The van der Waals surface area contributed by atoms with Gasteiger partial charge >= 0.3 is 11.9 Å². The molecule has 1 fully saturated rings. The Labute approximate surface area is 197 Å². The molecule has 0 amide bonds. The minimum absolute atomic E-state index is 0.121. The molecular weight excluding hydrogens is 420 g/mol. The van der Waals surface area contributed by atoms with Crippen molar-refractivity contribution in [1.82, 2.24) is 0 Å². The molecule has 182 valence electrons. The number of ether oxygens (including phenoxy) is 2. The molecule has 1 saturated carbocycles. The molecule has 1 N–H and O–H groups in total. The third-order valence-electron chi connectivity index (χ3n) is 7.14. The maximum absolute atomic E-state index is 11.5. The Morgan fingerprint density at radius 3 is 2.64 bits per heavy atom. The number of hydrogen-bond donors (Lipinski definition) is 1. The average Bonchev–Trinajstić information content (AvgIpc) is 3.30. The number of esters is 2. The Morgan fingerprint density at radius 1 is 1.33 bits per heavy atom. The lowest BCUT2D eigenvalue weighted by molar-refractivity contribution is -0.173. The van der Waals surface area contributed by atoms with Gasteiger partial charge in [0.25, 0.3) is 6.29 Å². The van der Waals surface area contributed by atoms with Crippen molar-refractivity contribution in [3.8, 4) is 0 Å². The predicted molar refractivity (Wildman–Crippen MR) is 127 cm³/mol. The highest BCUT2D eigenvalue weighted by Gasteiger charge is 2.40. The second-order valence-corrected chi connectivity index (χ2v) is 9.49. The van der Waals surface area contributed by atoms with E-state index in [1.54, 1.807) is 6.08 Å². The average molecular weight is 459 g/mol. The molecule has 1 aliphatic heterocycles. The molecule has 0 aromatic rings. The maximum atomic E-state index is 11.5. The Bertz CT molecular complexity index is 849. The normalized spacial score (nSPS) is 26.6. The first-order chi connectivity index (χ1) is 15.6. The summed E-state index contributed by atoms with van der Waals surface area (Å²) in [6.07, 6.45) is 10.8. The molecule has 0 saturated heterocycles. The van der Waals surface area contributed by atoms with Crippen LogP contribution in [0.3, 0.4) is 0 Å². The van der Waals surface area contributed by atoms with Gasteiger partial charge in [-0.1, -0.05) is 43.2 Å². The van der Waals surface area contributed by atoms with Gasteiger partial charge in [0.05, 0.1) is 6.10 Å². The summed E-state index contributed by atoms with van der Waals surface area (Å²) < 4.78 is 9.79. The summed E-state index contributed by atoms with van der Waals surface area (Å²) in [6.45, 7) is 12.1. The number of hydrogen-bond acceptors (Lipinski definition) is 6. The van der Waals surface area contributed by atoms with E-state index < -0.39 is 24.3 Å². The first-order valence-electron chi connectivity index (χ1n) is 11.8. The molecule has 6 heteroatoms. The van der Waals surface area contributed by atoms with E-state index in [9.17, 15) is 19.5 Å². The fourth-order valence-corrected chi connectivity index (χ4v) is 4.99. The van der Waals surface area contributed by atoms with Gasteiger partial charge in [-0.3, -0.25) is 9.59 Å². The summed E-state index contributed by atoms with van der Waals surface area (Å²) in [4.78, 5) is 34.1. The number of allylic oxidation sites excluding steroid dienone is 4. The molecule has 2 aliphatic rings. The van der Waals surface area contributed by atoms with Gasteiger partial charge in [0.1, 0.15) is 6.29 Å². The minimum Gasteiger partial charge on any atom is -0.421 e. The molecule has 33 heavy (non-hydrogen) atoms. The van der Waals surface area contributed by atoms with Crippen molar-refractivity contribution in [2.75, 3.05) is 0 Å². The summed E-state index contributed by atoms with van der Waals surface area (Å²) in [7, 11) is 0. The van der Waals surface area contributed by atoms with Crippen LogP contribution in [0.5, 0.6) is 0 Å². The van der Waals surface area contributed by atoms with Gasteiger partial charge in [0.2, 0.25) is 0 Å². The van der Waals surface area contributed by atoms with E-state index >= 15 is 0 Å². The van der Waals surface area contributed by atoms with Crippen molar-refractivity contribution in [1.29, 1.82) is 0 Å². The van der Waals surface area contributed by atoms with Crippen LogP contribution in [-0.2, 0) is 23.9 Å². The maximum Gasteiger partial charge on any atom is 0.334 e. The SMILES string of the molecule is C=C(C)[C@@]1(CC/C(C)=C/CC/C(C=O)=C\C[C@@H](O)C2=CC(=O)O[C@@H]2OC(C)=O)CCC[C@H]1C. The van der Waals surface area contributed by atoms with Crippen molar-refractivity contribution >= 4 is 18.2 Å². The lowest BCUT2D eigenvalue weighted by Crippen LogP contribution is -2.25.